The van der Waals surface area contributed by atoms with Gasteiger partial charge in [-0.2, -0.15) is 5.10 Å². The Morgan fingerprint density at radius 3 is 2.81 bits per heavy atom. The van der Waals surface area contributed by atoms with Crippen LogP contribution in [0, 0.1) is 0 Å². The number of aromatic amines is 1. The standard InChI is InChI=1S/C17H14Cl2N6O/c1-24(13-5-3-2-4-11(13)18)17-20-6-10-8-25(9-12(10)22-17)14-7-21-23-16(26)15(14)19/h2-7H,8-9H2,1H3,(H,23,26). The van der Waals surface area contributed by atoms with Crippen LogP contribution >= 0.6 is 23.2 Å². The molecule has 0 aliphatic carbocycles. The van der Waals surface area contributed by atoms with Gasteiger partial charge in [-0.15, -0.1) is 0 Å². The second-order valence-electron chi connectivity index (χ2n) is 5.91. The van der Waals surface area contributed by atoms with Gasteiger partial charge in [-0.3, -0.25) is 4.79 Å². The van der Waals surface area contributed by atoms with Gasteiger partial charge in [0.25, 0.3) is 5.56 Å². The van der Waals surface area contributed by atoms with Crippen molar-refractivity contribution in [1.29, 1.82) is 0 Å². The number of para-hydroxylation sites is 1. The third-order valence-corrected chi connectivity index (χ3v) is 4.96. The fraction of sp³-hybridized carbons (Fsp3) is 0.176. The Kier molecular flexibility index (Phi) is 4.26. The van der Waals surface area contributed by atoms with Gasteiger partial charge in [-0.25, -0.2) is 15.1 Å². The predicted molar refractivity (Wildman–Crippen MR) is 101 cm³/mol. The van der Waals surface area contributed by atoms with Gasteiger partial charge < -0.3 is 9.80 Å². The van der Waals surface area contributed by atoms with Gasteiger partial charge in [0.2, 0.25) is 5.95 Å². The maximum absolute atomic E-state index is 11.7. The summed E-state index contributed by atoms with van der Waals surface area (Å²) in [5.74, 6) is 0.550. The van der Waals surface area contributed by atoms with Gasteiger partial charge in [0.15, 0.2) is 0 Å². The number of hydrogen-bond acceptors (Lipinski definition) is 6. The lowest BCUT2D eigenvalue weighted by molar-refractivity contribution is 0.851. The van der Waals surface area contributed by atoms with Crippen LogP contribution in [0.25, 0.3) is 0 Å². The molecule has 7 nitrogen and oxygen atoms in total. The number of rotatable bonds is 3. The molecule has 0 saturated heterocycles. The fourth-order valence-electron chi connectivity index (χ4n) is 2.90. The summed E-state index contributed by atoms with van der Waals surface area (Å²) in [5, 5.41) is 6.89. The van der Waals surface area contributed by atoms with Crippen LogP contribution in [-0.2, 0) is 13.1 Å². The molecule has 3 heterocycles. The zero-order valence-corrected chi connectivity index (χ0v) is 15.3. The van der Waals surface area contributed by atoms with Gasteiger partial charge >= 0.3 is 0 Å². The summed E-state index contributed by atoms with van der Waals surface area (Å²) in [7, 11) is 1.87. The zero-order valence-electron chi connectivity index (χ0n) is 13.8. The van der Waals surface area contributed by atoms with Crippen molar-refractivity contribution in [3.8, 4) is 0 Å². The van der Waals surface area contributed by atoms with E-state index in [1.165, 1.54) is 0 Å². The van der Waals surface area contributed by atoms with Crippen molar-refractivity contribution in [3.05, 3.63) is 68.3 Å². The zero-order chi connectivity index (χ0) is 18.3. The molecule has 1 N–H and O–H groups in total. The molecule has 0 saturated carbocycles. The summed E-state index contributed by atoms with van der Waals surface area (Å²) in [5.41, 5.74) is 2.86. The van der Waals surface area contributed by atoms with E-state index in [0.29, 0.717) is 29.7 Å². The highest BCUT2D eigenvalue weighted by Crippen LogP contribution is 2.32. The van der Waals surface area contributed by atoms with Crippen LogP contribution in [0.1, 0.15) is 11.3 Å². The van der Waals surface area contributed by atoms with Gasteiger partial charge in [-0.1, -0.05) is 35.3 Å². The molecule has 0 radical (unpaired) electrons. The molecule has 0 bridgehead atoms. The van der Waals surface area contributed by atoms with E-state index in [9.17, 15) is 4.79 Å². The Morgan fingerprint density at radius 1 is 1.19 bits per heavy atom. The van der Waals surface area contributed by atoms with Gasteiger partial charge in [0, 0.05) is 25.4 Å². The number of nitrogens with one attached hydrogen (secondary N) is 1. The van der Waals surface area contributed by atoms with Gasteiger partial charge in [0.1, 0.15) is 5.02 Å². The topological polar surface area (TPSA) is 78.0 Å². The predicted octanol–water partition coefficient (Wildman–Crippen LogP) is 3.15. The summed E-state index contributed by atoms with van der Waals surface area (Å²) in [4.78, 5) is 24.6. The Hall–Kier alpha value is -2.64. The minimum atomic E-state index is -0.412. The number of hydrogen-bond donors (Lipinski definition) is 1. The van der Waals surface area contributed by atoms with Gasteiger partial charge in [0.05, 0.1) is 34.8 Å². The molecule has 0 spiro atoms. The van der Waals surface area contributed by atoms with E-state index in [2.05, 4.69) is 20.2 Å². The van der Waals surface area contributed by atoms with Crippen molar-refractivity contribution < 1.29 is 0 Å². The highest BCUT2D eigenvalue weighted by atomic mass is 35.5. The first-order chi connectivity index (χ1) is 12.5. The Bertz CT molecular complexity index is 1040. The molecule has 26 heavy (non-hydrogen) atoms. The third-order valence-electron chi connectivity index (χ3n) is 4.27. The minimum Gasteiger partial charge on any atom is -0.358 e. The highest BCUT2D eigenvalue weighted by molar-refractivity contribution is 6.33. The molecule has 2 aromatic heterocycles. The molecule has 3 aromatic rings. The lowest BCUT2D eigenvalue weighted by Crippen LogP contribution is -2.20. The van der Waals surface area contributed by atoms with Gasteiger partial charge in [-0.05, 0) is 12.1 Å². The highest BCUT2D eigenvalue weighted by Gasteiger charge is 2.25. The van der Waals surface area contributed by atoms with Crippen molar-refractivity contribution in [1.82, 2.24) is 20.2 Å². The van der Waals surface area contributed by atoms with E-state index < -0.39 is 5.56 Å². The summed E-state index contributed by atoms with van der Waals surface area (Å²) in [6.07, 6.45) is 3.33. The van der Waals surface area contributed by atoms with Crippen molar-refractivity contribution >= 4 is 40.5 Å². The third kappa shape index (κ3) is 2.89. The number of anilines is 3. The first-order valence-corrected chi connectivity index (χ1v) is 8.61. The maximum Gasteiger partial charge on any atom is 0.285 e. The van der Waals surface area contributed by atoms with Crippen LogP contribution in [0.3, 0.4) is 0 Å². The summed E-state index contributed by atoms with van der Waals surface area (Å²) >= 11 is 12.4. The number of H-pyrrole nitrogens is 1. The summed E-state index contributed by atoms with van der Waals surface area (Å²) < 4.78 is 0. The molecule has 9 heteroatoms. The number of fused-ring (bicyclic) bond motifs is 1. The van der Waals surface area contributed by atoms with Crippen molar-refractivity contribution in [2.75, 3.05) is 16.8 Å². The van der Waals surface area contributed by atoms with Crippen LogP contribution in [0.4, 0.5) is 17.3 Å². The van der Waals surface area contributed by atoms with E-state index in [1.807, 2.05) is 41.1 Å². The monoisotopic (exact) mass is 388 g/mol. The molecular weight excluding hydrogens is 375 g/mol. The van der Waals surface area contributed by atoms with Crippen LogP contribution < -0.4 is 15.4 Å². The van der Waals surface area contributed by atoms with Crippen LogP contribution in [0.15, 0.2) is 41.5 Å². The molecule has 0 unspecified atom stereocenters. The number of aromatic nitrogens is 4. The molecule has 0 fully saturated rings. The van der Waals surface area contributed by atoms with Crippen molar-refractivity contribution in [2.45, 2.75) is 13.1 Å². The van der Waals surface area contributed by atoms with E-state index in [4.69, 9.17) is 23.2 Å². The molecule has 132 valence electrons. The molecular formula is C17H14Cl2N6O. The second-order valence-corrected chi connectivity index (χ2v) is 6.69. The van der Waals surface area contributed by atoms with E-state index >= 15 is 0 Å². The molecule has 0 amide bonds. The smallest absolute Gasteiger partial charge is 0.285 e. The lowest BCUT2D eigenvalue weighted by atomic mass is 10.3. The average Bonchev–Trinajstić information content (AvgIpc) is 3.06. The Labute approximate surface area is 159 Å². The van der Waals surface area contributed by atoms with Crippen LogP contribution in [0.2, 0.25) is 10.0 Å². The maximum atomic E-state index is 11.7. The van der Waals surface area contributed by atoms with Crippen LogP contribution in [0.5, 0.6) is 0 Å². The summed E-state index contributed by atoms with van der Waals surface area (Å²) in [6.45, 7) is 1.09. The summed E-state index contributed by atoms with van der Waals surface area (Å²) in [6, 6.07) is 7.52. The molecule has 1 aromatic carbocycles. The number of nitrogens with zero attached hydrogens (tertiary/aromatic N) is 5. The SMILES string of the molecule is CN(c1ncc2c(n1)CN(c1cn[nH]c(=O)c1Cl)C2)c1ccccc1Cl. The van der Waals surface area contributed by atoms with E-state index in [0.717, 1.165) is 16.9 Å². The largest absolute Gasteiger partial charge is 0.358 e. The molecule has 1 aliphatic rings. The number of benzene rings is 1. The Balaban J connectivity index is 1.64. The average molecular weight is 389 g/mol. The molecule has 1 aliphatic heterocycles. The fourth-order valence-corrected chi connectivity index (χ4v) is 3.37. The van der Waals surface area contributed by atoms with Crippen molar-refractivity contribution in [3.63, 3.8) is 0 Å². The second kappa shape index (κ2) is 6.59. The normalized spacial score (nSPS) is 13.0. The first-order valence-electron chi connectivity index (χ1n) is 7.86. The van der Waals surface area contributed by atoms with E-state index in [1.54, 1.807) is 12.4 Å². The van der Waals surface area contributed by atoms with E-state index in [-0.39, 0.29) is 5.02 Å². The first kappa shape index (κ1) is 16.8. The number of halogens is 2. The lowest BCUT2D eigenvalue weighted by Gasteiger charge is -2.18. The van der Waals surface area contributed by atoms with Crippen LogP contribution in [-0.4, -0.2) is 27.2 Å². The molecule has 4 rings (SSSR count). The quantitative estimate of drug-likeness (QED) is 0.742. The van der Waals surface area contributed by atoms with Crippen molar-refractivity contribution in [2.24, 2.45) is 0 Å². The Morgan fingerprint density at radius 2 is 2.00 bits per heavy atom. The molecule has 0 atom stereocenters. The minimum absolute atomic E-state index is 0.120.